The Morgan fingerprint density at radius 1 is 0.833 bits per heavy atom. The predicted molar refractivity (Wildman–Crippen MR) is 107 cm³/mol. The molecule has 2 aromatic carbocycles. The van der Waals surface area contributed by atoms with Crippen molar-refractivity contribution in [3.05, 3.63) is 85.5 Å². The monoisotopic (exact) mass is 325 g/mol. The Bertz CT molecular complexity index is 552. The Morgan fingerprint density at radius 3 is 1.71 bits per heavy atom. The van der Waals surface area contributed by atoms with Crippen molar-refractivity contribution in [2.24, 2.45) is 0 Å². The molecule has 24 heavy (non-hydrogen) atoms. The molecule has 2 nitrogen and oxygen atoms in total. The summed E-state index contributed by atoms with van der Waals surface area (Å²) in [6.45, 7) is 12.9. The van der Waals surface area contributed by atoms with Gasteiger partial charge in [-0.25, -0.2) is 0 Å². The lowest BCUT2D eigenvalue weighted by molar-refractivity contribution is 0.321. The first kappa shape index (κ1) is 21.7. The fraction of sp³-hybridized carbons (Fsp3) is 0.273. The first-order chi connectivity index (χ1) is 11.6. The molecule has 0 aromatic heterocycles. The molecule has 130 valence electrons. The standard InChI is InChI=1S/C16H19NO.C4H6.C2H6/c1-13(17(2)3)14-9-11-16(12-10-14)18-15-7-5-4-6-8-15;1-3-4-2;1-2/h4-13H,1-3H3;3-4H,1-2H2;1-2H3. The van der Waals surface area contributed by atoms with E-state index in [1.165, 1.54) is 5.56 Å². The van der Waals surface area contributed by atoms with Gasteiger partial charge < -0.3 is 9.64 Å². The van der Waals surface area contributed by atoms with Gasteiger partial charge in [-0.2, -0.15) is 0 Å². The normalized spacial score (nSPS) is 10.4. The van der Waals surface area contributed by atoms with E-state index in [0.717, 1.165) is 11.5 Å². The molecule has 0 spiro atoms. The topological polar surface area (TPSA) is 12.5 Å². The Labute approximate surface area is 148 Å². The molecule has 0 saturated heterocycles. The zero-order chi connectivity index (χ0) is 18.4. The molecule has 1 unspecified atom stereocenters. The summed E-state index contributed by atoms with van der Waals surface area (Å²) < 4.78 is 5.76. The summed E-state index contributed by atoms with van der Waals surface area (Å²) in [5.74, 6) is 1.74. The molecule has 0 aliphatic heterocycles. The van der Waals surface area contributed by atoms with E-state index in [-0.39, 0.29) is 0 Å². The van der Waals surface area contributed by atoms with Gasteiger partial charge in [-0.1, -0.05) is 69.5 Å². The molecular weight excluding hydrogens is 294 g/mol. The van der Waals surface area contributed by atoms with Gasteiger partial charge >= 0.3 is 0 Å². The number of hydrogen-bond acceptors (Lipinski definition) is 2. The van der Waals surface area contributed by atoms with E-state index in [0.29, 0.717) is 6.04 Å². The van der Waals surface area contributed by atoms with Gasteiger partial charge in [0, 0.05) is 6.04 Å². The van der Waals surface area contributed by atoms with Crippen LogP contribution in [0.1, 0.15) is 32.4 Å². The van der Waals surface area contributed by atoms with Crippen LogP contribution in [0.2, 0.25) is 0 Å². The Kier molecular flexibility index (Phi) is 11.9. The molecule has 0 bridgehead atoms. The minimum atomic E-state index is 0.413. The summed E-state index contributed by atoms with van der Waals surface area (Å²) >= 11 is 0. The fourth-order valence-corrected chi connectivity index (χ4v) is 1.74. The van der Waals surface area contributed by atoms with Crippen LogP contribution in [0, 0.1) is 0 Å². The zero-order valence-electron chi connectivity index (χ0n) is 15.7. The molecule has 2 heteroatoms. The summed E-state index contributed by atoms with van der Waals surface area (Å²) in [4.78, 5) is 2.19. The highest BCUT2D eigenvalue weighted by atomic mass is 16.5. The van der Waals surface area contributed by atoms with Crippen molar-refractivity contribution >= 4 is 0 Å². The number of rotatable bonds is 5. The Balaban J connectivity index is 0.000000773. The minimum Gasteiger partial charge on any atom is -0.457 e. The number of nitrogens with zero attached hydrogens (tertiary/aromatic N) is 1. The number of hydrogen-bond donors (Lipinski definition) is 0. The second-order valence-electron chi connectivity index (χ2n) is 5.10. The maximum absolute atomic E-state index is 5.76. The maximum Gasteiger partial charge on any atom is 0.127 e. The molecule has 2 aromatic rings. The first-order valence-corrected chi connectivity index (χ1v) is 8.31. The van der Waals surface area contributed by atoms with Crippen molar-refractivity contribution in [2.45, 2.75) is 26.8 Å². The summed E-state index contributed by atoms with van der Waals surface area (Å²) in [5, 5.41) is 0. The third-order valence-corrected chi connectivity index (χ3v) is 3.28. The summed E-state index contributed by atoms with van der Waals surface area (Å²) in [7, 11) is 4.16. The SMILES string of the molecule is C=CC=C.CC.CC(c1ccc(Oc2ccccc2)cc1)N(C)C. The van der Waals surface area contributed by atoms with Crippen LogP contribution >= 0.6 is 0 Å². The molecule has 0 N–H and O–H groups in total. The number of para-hydroxylation sites is 1. The van der Waals surface area contributed by atoms with Crippen LogP contribution in [0.5, 0.6) is 11.5 Å². The van der Waals surface area contributed by atoms with Gasteiger partial charge in [-0.15, -0.1) is 0 Å². The quantitative estimate of drug-likeness (QED) is 0.583. The summed E-state index contributed by atoms with van der Waals surface area (Å²) in [6.07, 6.45) is 3.28. The molecule has 0 radical (unpaired) electrons. The van der Waals surface area contributed by atoms with E-state index in [4.69, 9.17) is 4.74 Å². The molecule has 0 aliphatic carbocycles. The highest BCUT2D eigenvalue weighted by molar-refractivity contribution is 5.33. The van der Waals surface area contributed by atoms with Gasteiger partial charge in [0.1, 0.15) is 11.5 Å². The van der Waals surface area contributed by atoms with Gasteiger partial charge in [0.25, 0.3) is 0 Å². The van der Waals surface area contributed by atoms with Crippen LogP contribution in [0.4, 0.5) is 0 Å². The van der Waals surface area contributed by atoms with Crippen LogP contribution in [0.3, 0.4) is 0 Å². The average molecular weight is 325 g/mol. The van der Waals surface area contributed by atoms with E-state index in [1.807, 2.05) is 56.3 Å². The Morgan fingerprint density at radius 2 is 1.29 bits per heavy atom. The smallest absolute Gasteiger partial charge is 0.127 e. The first-order valence-electron chi connectivity index (χ1n) is 8.31. The lowest BCUT2D eigenvalue weighted by Crippen LogP contribution is -2.16. The second kappa shape index (κ2) is 13.1. The largest absolute Gasteiger partial charge is 0.457 e. The highest BCUT2D eigenvalue weighted by Gasteiger charge is 2.07. The third kappa shape index (κ3) is 8.35. The van der Waals surface area contributed by atoms with E-state index in [9.17, 15) is 0 Å². The summed E-state index contributed by atoms with van der Waals surface area (Å²) in [6, 6.07) is 18.5. The lowest BCUT2D eigenvalue weighted by atomic mass is 10.1. The van der Waals surface area contributed by atoms with Crippen molar-refractivity contribution in [1.82, 2.24) is 4.90 Å². The molecule has 0 heterocycles. The van der Waals surface area contributed by atoms with Gasteiger partial charge in [0.2, 0.25) is 0 Å². The van der Waals surface area contributed by atoms with E-state index in [2.05, 4.69) is 51.2 Å². The molecule has 2 rings (SSSR count). The van der Waals surface area contributed by atoms with Gasteiger partial charge in [-0.3, -0.25) is 0 Å². The minimum absolute atomic E-state index is 0.413. The van der Waals surface area contributed by atoms with Crippen molar-refractivity contribution in [3.63, 3.8) is 0 Å². The second-order valence-corrected chi connectivity index (χ2v) is 5.10. The molecule has 0 aliphatic rings. The van der Waals surface area contributed by atoms with Crippen molar-refractivity contribution in [3.8, 4) is 11.5 Å². The third-order valence-electron chi connectivity index (χ3n) is 3.28. The average Bonchev–Trinajstić information content (AvgIpc) is 2.64. The summed E-state index contributed by atoms with van der Waals surface area (Å²) in [5.41, 5.74) is 1.29. The van der Waals surface area contributed by atoms with Gasteiger partial charge in [0.15, 0.2) is 0 Å². The lowest BCUT2D eigenvalue weighted by Gasteiger charge is -2.20. The van der Waals surface area contributed by atoms with Crippen LogP contribution in [-0.2, 0) is 0 Å². The van der Waals surface area contributed by atoms with Crippen molar-refractivity contribution in [2.75, 3.05) is 14.1 Å². The van der Waals surface area contributed by atoms with Crippen LogP contribution < -0.4 is 4.74 Å². The molecule has 0 amide bonds. The molecular formula is C22H31NO. The van der Waals surface area contributed by atoms with E-state index in [1.54, 1.807) is 12.2 Å². The zero-order valence-corrected chi connectivity index (χ0v) is 15.7. The number of benzene rings is 2. The Hall–Kier alpha value is -2.32. The van der Waals surface area contributed by atoms with Crippen LogP contribution in [0.25, 0.3) is 0 Å². The predicted octanol–water partition coefficient (Wildman–Crippen LogP) is 6.49. The molecule has 0 fully saturated rings. The van der Waals surface area contributed by atoms with E-state index >= 15 is 0 Å². The van der Waals surface area contributed by atoms with E-state index < -0.39 is 0 Å². The van der Waals surface area contributed by atoms with Crippen molar-refractivity contribution in [1.29, 1.82) is 0 Å². The number of allylic oxidation sites excluding steroid dienone is 2. The van der Waals surface area contributed by atoms with Gasteiger partial charge in [-0.05, 0) is 50.8 Å². The number of ether oxygens (including phenoxy) is 1. The van der Waals surface area contributed by atoms with Crippen molar-refractivity contribution < 1.29 is 4.74 Å². The highest BCUT2D eigenvalue weighted by Crippen LogP contribution is 2.24. The van der Waals surface area contributed by atoms with Crippen LogP contribution in [0.15, 0.2) is 79.9 Å². The molecule has 0 saturated carbocycles. The molecule has 1 atom stereocenters. The van der Waals surface area contributed by atoms with Crippen LogP contribution in [-0.4, -0.2) is 19.0 Å². The van der Waals surface area contributed by atoms with Gasteiger partial charge in [0.05, 0.1) is 0 Å². The fourth-order valence-electron chi connectivity index (χ4n) is 1.74. The maximum atomic E-state index is 5.76.